The van der Waals surface area contributed by atoms with Crippen LogP contribution >= 0.6 is 0 Å². The van der Waals surface area contributed by atoms with Gasteiger partial charge in [-0.3, -0.25) is 4.79 Å². The third kappa shape index (κ3) is 6.10. The van der Waals surface area contributed by atoms with Gasteiger partial charge in [-0.2, -0.15) is 4.31 Å². The number of aliphatic hydroxyl groups is 1. The Labute approximate surface area is 235 Å². The zero-order chi connectivity index (χ0) is 28.9. The summed E-state index contributed by atoms with van der Waals surface area (Å²) < 4.78 is 42.1. The quantitative estimate of drug-likeness (QED) is 0.318. The lowest BCUT2D eigenvalue weighted by molar-refractivity contribution is 0.171. The Morgan fingerprint density at radius 3 is 2.52 bits per heavy atom. The van der Waals surface area contributed by atoms with Gasteiger partial charge in [-0.25, -0.2) is 13.4 Å². The number of H-pyrrole nitrogens is 1. The van der Waals surface area contributed by atoms with Gasteiger partial charge < -0.3 is 29.0 Å². The van der Waals surface area contributed by atoms with E-state index in [1.807, 2.05) is 18.5 Å². The lowest BCUT2D eigenvalue weighted by Gasteiger charge is -2.33. The molecule has 0 bridgehead atoms. The van der Waals surface area contributed by atoms with Crippen LogP contribution in [0.25, 0.3) is 22.4 Å². The van der Waals surface area contributed by atoms with Crippen LogP contribution in [-0.4, -0.2) is 90.3 Å². The summed E-state index contributed by atoms with van der Waals surface area (Å²) in [4.78, 5) is 23.4. The van der Waals surface area contributed by atoms with Crippen LogP contribution in [0.15, 0.2) is 27.9 Å². The number of nitrogens with zero attached hydrogens (tertiary/aromatic N) is 4. The van der Waals surface area contributed by atoms with Crippen molar-refractivity contribution in [1.29, 1.82) is 0 Å². The molecule has 0 spiro atoms. The molecule has 0 aliphatic carbocycles. The largest absolute Gasteiger partial charge is 0.493 e. The molecule has 1 aromatic carbocycles. The van der Waals surface area contributed by atoms with Gasteiger partial charge in [0, 0.05) is 64.7 Å². The van der Waals surface area contributed by atoms with E-state index in [1.165, 1.54) is 4.31 Å². The first kappa shape index (κ1) is 30.2. The van der Waals surface area contributed by atoms with E-state index in [0.717, 1.165) is 37.1 Å². The minimum absolute atomic E-state index is 0.117. The molecule has 3 heterocycles. The summed E-state index contributed by atoms with van der Waals surface area (Å²) in [6.07, 6.45) is 3.03. The summed E-state index contributed by atoms with van der Waals surface area (Å²) in [7, 11) is -0.340. The SMILES string of the molecule is CCCOc1ccc(S(=O)(=O)N2CCN(CCCO)CC2)cc1-c1nc2c(CCC)c(COC)n(C)c2c(=O)[nH]1. The number of aliphatic hydroxyl groups excluding tert-OH is 1. The maximum Gasteiger partial charge on any atom is 0.275 e. The Morgan fingerprint density at radius 2 is 1.88 bits per heavy atom. The van der Waals surface area contributed by atoms with Crippen molar-refractivity contribution in [2.45, 2.75) is 51.0 Å². The summed E-state index contributed by atoms with van der Waals surface area (Å²) in [5.74, 6) is 0.726. The van der Waals surface area contributed by atoms with Crippen molar-refractivity contribution in [3.8, 4) is 17.1 Å². The van der Waals surface area contributed by atoms with Gasteiger partial charge in [-0.1, -0.05) is 20.3 Å². The van der Waals surface area contributed by atoms with Crippen LogP contribution in [0.2, 0.25) is 0 Å². The molecule has 2 N–H and O–H groups in total. The standard InChI is InChI=1S/C28H41N5O6S/c1-5-8-21-23(19-38-4)31(3)26-25(21)29-27(30-28(26)35)22-18-20(9-10-24(22)39-17-6-2)40(36,37)33-14-12-32(13-15-33)11-7-16-34/h9-10,18,34H,5-8,11-17,19H2,1-4H3,(H,29,30,35). The number of fused-ring (bicyclic) bond motifs is 1. The fourth-order valence-electron chi connectivity index (χ4n) is 5.25. The smallest absolute Gasteiger partial charge is 0.275 e. The first-order chi connectivity index (χ1) is 19.3. The maximum atomic E-state index is 13.7. The Kier molecular flexibility index (Phi) is 10.0. The highest BCUT2D eigenvalue weighted by molar-refractivity contribution is 7.89. The van der Waals surface area contributed by atoms with Gasteiger partial charge >= 0.3 is 0 Å². The topological polar surface area (TPSA) is 130 Å². The van der Waals surface area contributed by atoms with Crippen LogP contribution in [0, 0.1) is 0 Å². The van der Waals surface area contributed by atoms with Gasteiger partial charge in [0.25, 0.3) is 5.56 Å². The molecular weight excluding hydrogens is 534 g/mol. The number of methoxy groups -OCH3 is 1. The molecule has 40 heavy (non-hydrogen) atoms. The molecule has 0 amide bonds. The first-order valence-corrected chi connectivity index (χ1v) is 15.4. The molecule has 12 heteroatoms. The first-order valence-electron chi connectivity index (χ1n) is 14.0. The van der Waals surface area contributed by atoms with Crippen molar-refractivity contribution in [2.24, 2.45) is 7.05 Å². The molecule has 0 saturated carbocycles. The van der Waals surface area contributed by atoms with Crippen molar-refractivity contribution in [1.82, 2.24) is 23.7 Å². The zero-order valence-corrected chi connectivity index (χ0v) is 24.7. The average molecular weight is 576 g/mol. The van der Waals surface area contributed by atoms with Crippen LogP contribution < -0.4 is 10.3 Å². The molecule has 0 radical (unpaired) electrons. The number of aromatic amines is 1. The highest BCUT2D eigenvalue weighted by atomic mass is 32.2. The van der Waals surface area contributed by atoms with Gasteiger partial charge in [-0.05, 0) is 37.5 Å². The number of hydrogen-bond acceptors (Lipinski definition) is 8. The number of nitrogens with one attached hydrogen (secondary N) is 1. The van der Waals surface area contributed by atoms with Crippen molar-refractivity contribution in [2.75, 3.05) is 53.0 Å². The minimum atomic E-state index is -3.79. The number of aryl methyl sites for hydroxylation is 2. The molecule has 220 valence electrons. The average Bonchev–Trinajstić information content (AvgIpc) is 3.21. The summed E-state index contributed by atoms with van der Waals surface area (Å²) >= 11 is 0. The molecule has 11 nitrogen and oxygen atoms in total. The van der Waals surface area contributed by atoms with Gasteiger partial charge in [0.1, 0.15) is 17.1 Å². The van der Waals surface area contributed by atoms with Gasteiger partial charge in [0.05, 0.1) is 29.2 Å². The Balaban J connectivity index is 1.79. The van der Waals surface area contributed by atoms with Crippen LogP contribution in [0.3, 0.4) is 0 Å². The molecule has 0 atom stereocenters. The summed E-state index contributed by atoms with van der Waals surface area (Å²) in [6.45, 7) is 7.65. The minimum Gasteiger partial charge on any atom is -0.493 e. The van der Waals surface area contributed by atoms with E-state index in [4.69, 9.17) is 19.6 Å². The lowest BCUT2D eigenvalue weighted by atomic mass is 10.1. The van der Waals surface area contributed by atoms with Crippen molar-refractivity contribution in [3.05, 3.63) is 39.8 Å². The van der Waals surface area contributed by atoms with E-state index in [-0.39, 0.29) is 22.9 Å². The molecule has 4 rings (SSSR count). The lowest BCUT2D eigenvalue weighted by Crippen LogP contribution is -2.48. The molecule has 2 aromatic heterocycles. The molecule has 3 aromatic rings. The Bertz CT molecular complexity index is 1470. The van der Waals surface area contributed by atoms with Crippen LogP contribution in [0.1, 0.15) is 44.4 Å². The molecule has 1 aliphatic heterocycles. The molecule has 0 unspecified atom stereocenters. The Hall–Kier alpha value is -2.77. The van der Waals surface area contributed by atoms with E-state index < -0.39 is 10.0 Å². The molecule has 1 fully saturated rings. The van der Waals surface area contributed by atoms with Gasteiger partial charge in [-0.15, -0.1) is 0 Å². The number of benzene rings is 1. The second-order valence-corrected chi connectivity index (χ2v) is 12.0. The van der Waals surface area contributed by atoms with E-state index >= 15 is 0 Å². The molecular formula is C28H41N5O6S. The molecule has 1 aliphatic rings. The number of hydrogen-bond donors (Lipinski definition) is 2. The fraction of sp³-hybridized carbons (Fsp3) is 0.571. The Morgan fingerprint density at radius 1 is 1.12 bits per heavy atom. The number of sulfonamides is 1. The summed E-state index contributed by atoms with van der Waals surface area (Å²) in [5, 5.41) is 9.10. The highest BCUT2D eigenvalue weighted by Gasteiger charge is 2.30. The van der Waals surface area contributed by atoms with Crippen LogP contribution in [-0.2, 0) is 34.8 Å². The van der Waals surface area contributed by atoms with Crippen molar-refractivity contribution in [3.63, 3.8) is 0 Å². The number of ether oxygens (including phenoxy) is 2. The predicted molar refractivity (Wildman–Crippen MR) is 154 cm³/mol. The van der Waals surface area contributed by atoms with Gasteiger partial charge in [0.2, 0.25) is 10.0 Å². The maximum absolute atomic E-state index is 13.7. The fourth-order valence-corrected chi connectivity index (χ4v) is 6.70. The van der Waals surface area contributed by atoms with Crippen LogP contribution in [0.4, 0.5) is 0 Å². The summed E-state index contributed by atoms with van der Waals surface area (Å²) in [5.41, 5.74) is 3.01. The highest BCUT2D eigenvalue weighted by Crippen LogP contribution is 2.33. The van der Waals surface area contributed by atoms with Crippen molar-refractivity contribution < 1.29 is 23.0 Å². The zero-order valence-electron chi connectivity index (χ0n) is 23.9. The van der Waals surface area contributed by atoms with E-state index in [9.17, 15) is 13.2 Å². The second kappa shape index (κ2) is 13.3. The molecule has 1 saturated heterocycles. The van der Waals surface area contributed by atoms with Crippen LogP contribution in [0.5, 0.6) is 5.75 Å². The van der Waals surface area contributed by atoms with Gasteiger partial charge in [0.15, 0.2) is 0 Å². The summed E-state index contributed by atoms with van der Waals surface area (Å²) in [6, 6.07) is 4.76. The van der Waals surface area contributed by atoms with E-state index in [0.29, 0.717) is 68.2 Å². The van der Waals surface area contributed by atoms with Crippen molar-refractivity contribution >= 4 is 21.1 Å². The number of rotatable bonds is 13. The van der Waals surface area contributed by atoms with E-state index in [1.54, 1.807) is 25.3 Å². The monoisotopic (exact) mass is 575 g/mol. The predicted octanol–water partition coefficient (Wildman–Crippen LogP) is 2.50. The van der Waals surface area contributed by atoms with E-state index in [2.05, 4.69) is 16.8 Å². The number of piperazine rings is 1. The normalized spacial score (nSPS) is 15.2. The third-order valence-electron chi connectivity index (χ3n) is 7.32. The second-order valence-electron chi connectivity index (χ2n) is 10.1. The third-order valence-corrected chi connectivity index (χ3v) is 9.21. The number of aromatic nitrogens is 3.